The summed E-state index contributed by atoms with van der Waals surface area (Å²) in [6, 6.07) is 22.3. The van der Waals surface area contributed by atoms with Crippen LogP contribution in [0.3, 0.4) is 0 Å². The molecule has 12 rings (SSSR count). The van der Waals surface area contributed by atoms with E-state index in [2.05, 4.69) is 187 Å². The molecule has 0 spiro atoms. The molecule has 4 heterocycles. The Balaban J connectivity index is 0.995. The summed E-state index contributed by atoms with van der Waals surface area (Å²) in [6.45, 7) is 23.7. The van der Waals surface area contributed by atoms with Crippen molar-refractivity contribution < 1.29 is 0 Å². The van der Waals surface area contributed by atoms with Crippen molar-refractivity contribution in [1.29, 1.82) is 0 Å². The molecule has 4 aliphatic rings. The molecule has 0 atom stereocenters. The molecule has 0 saturated carbocycles. The summed E-state index contributed by atoms with van der Waals surface area (Å²) in [4.78, 5) is 5.81. The highest BCUT2D eigenvalue weighted by Gasteiger charge is 2.51. The van der Waals surface area contributed by atoms with Gasteiger partial charge in [0.25, 0.3) is 0 Å². The van der Waals surface area contributed by atoms with Crippen LogP contribution in [0.4, 0.5) is 0 Å². The van der Waals surface area contributed by atoms with Gasteiger partial charge in [-0.25, -0.2) is 0 Å². The zero-order valence-corrected chi connectivity index (χ0v) is 97.8. The van der Waals surface area contributed by atoms with Gasteiger partial charge in [0.1, 0.15) is 22.1 Å². The Hall–Kier alpha value is -3.20. The minimum atomic E-state index is -0.214. The molecule has 4 aliphatic carbocycles. The second-order valence-corrected chi connectivity index (χ2v) is 52.5. The van der Waals surface area contributed by atoms with Crippen LogP contribution in [0.15, 0.2) is 57.0 Å². The quantitative estimate of drug-likeness (QED) is 0.0350. The van der Waals surface area contributed by atoms with Gasteiger partial charge >= 0.3 is 0 Å². The Bertz CT molecular complexity index is 4790. The lowest BCUT2D eigenvalue weighted by atomic mass is 9.68. The second-order valence-electron chi connectivity index (χ2n) is 44.2. The predicted octanol–water partition coefficient (Wildman–Crippen LogP) is 46.8. The first-order valence-electron chi connectivity index (χ1n) is 60.4. The largest absolute Gasteiger partial charge is 0.173 e. The van der Waals surface area contributed by atoms with Crippen LogP contribution in [-0.4, -0.2) is 40.5 Å². The number of aryl methyl sites for hydroxylation is 2. The van der Waals surface area contributed by atoms with E-state index in [0.29, 0.717) is 0 Å². The Kier molecular flexibility index (Phi) is 54.8. The number of rotatable bonds is 85. The Morgan fingerprint density at radius 2 is 0.471 bits per heavy atom. The number of fused-ring (bicyclic) bond motifs is 16. The molecule has 4 nitrogen and oxygen atoms in total. The summed E-state index contributed by atoms with van der Waals surface area (Å²) >= 11 is 16.0. The first-order chi connectivity index (χ1) is 69.1. The fourth-order valence-corrected chi connectivity index (χ4v) is 33.2. The van der Waals surface area contributed by atoms with Crippen LogP contribution < -0.4 is 0 Å². The molecule has 0 N–H and O–H groups in total. The van der Waals surface area contributed by atoms with E-state index in [1.807, 2.05) is 0 Å². The molecule has 778 valence electrons. The molecule has 12 heteroatoms. The van der Waals surface area contributed by atoms with E-state index in [1.165, 1.54) is 643 Å². The Morgan fingerprint density at radius 3 is 0.786 bits per heavy atom. The van der Waals surface area contributed by atoms with Crippen LogP contribution >= 0.6 is 93.2 Å². The highest BCUT2D eigenvalue weighted by atomic mass is 32.2. The van der Waals surface area contributed by atoms with Gasteiger partial charge < -0.3 is 0 Å². The minimum Gasteiger partial charge on any atom is -0.173 e. The topological polar surface area (TPSA) is 51.6 Å². The van der Waals surface area contributed by atoms with E-state index in [4.69, 9.17) is 17.5 Å². The van der Waals surface area contributed by atoms with Gasteiger partial charge in [0.05, 0.1) is 23.5 Å². The molecule has 140 heavy (non-hydrogen) atoms. The van der Waals surface area contributed by atoms with Crippen molar-refractivity contribution in [1.82, 2.24) is 17.5 Å². The van der Waals surface area contributed by atoms with Gasteiger partial charge in [-0.1, -0.05) is 498 Å². The molecular weight excluding hydrogens is 1850 g/mol. The molecule has 4 aromatic carbocycles. The summed E-state index contributed by atoms with van der Waals surface area (Å²) < 4.78 is 25.5. The number of nitrogens with zero attached hydrogens (tertiary/aromatic N) is 4. The van der Waals surface area contributed by atoms with Crippen LogP contribution in [0.25, 0.3) is 86.8 Å². The third-order valence-corrected chi connectivity index (χ3v) is 41.4. The van der Waals surface area contributed by atoms with Gasteiger partial charge in [-0.3, -0.25) is 0 Å². The molecule has 0 unspecified atom stereocenters. The highest BCUT2D eigenvalue weighted by Crippen LogP contribution is 2.66. The van der Waals surface area contributed by atoms with Crippen LogP contribution in [0, 0.1) is 13.8 Å². The summed E-state index contributed by atoms with van der Waals surface area (Å²) in [5.41, 5.74) is 31.2. The van der Waals surface area contributed by atoms with Crippen molar-refractivity contribution in [3.8, 4) is 53.6 Å². The molecule has 0 fully saturated rings. The van der Waals surface area contributed by atoms with E-state index >= 15 is 0 Å². The maximum absolute atomic E-state index is 5.84. The van der Waals surface area contributed by atoms with E-state index in [1.54, 1.807) is 30.7 Å². The number of benzene rings is 4. The number of thiophene rings is 2. The fourth-order valence-electron chi connectivity index (χ4n) is 24.5. The van der Waals surface area contributed by atoms with E-state index < -0.39 is 0 Å². The Labute approximate surface area is 892 Å². The summed E-state index contributed by atoms with van der Waals surface area (Å²) in [5, 5.41) is 0. The molecule has 8 aromatic rings. The van der Waals surface area contributed by atoms with Crippen molar-refractivity contribution in [3.63, 3.8) is 0 Å². The predicted molar refractivity (Wildman–Crippen MR) is 641 cm³/mol. The number of aromatic nitrogens is 4. The maximum atomic E-state index is 5.84. The minimum absolute atomic E-state index is 0.132. The van der Waals surface area contributed by atoms with Crippen molar-refractivity contribution >= 4 is 126 Å². The normalized spacial score (nSPS) is 13.6. The molecule has 0 amide bonds. The SMILES string of the molecule is CCCCCCCCCCCCCCCCC1(CCCCCCCCCCCCCCCC)c2cc3c(cc2-c2c1cc(C)c1nsnc21)C(CCCCCCCCCCCCCCCC)(CCCCCCCCCCCCCCCC)c1cc(-c2cc4c(s2)-c2cc5c(cc2C4=C(SCCCCCC)SCCCCCC)-c2sc(C)cc2C5=C(SCCCCCC)SCCCCCC)c2nsnc2c1-3. The lowest BCUT2D eigenvalue weighted by molar-refractivity contribution is 0.393. The van der Waals surface area contributed by atoms with Crippen molar-refractivity contribution in [2.75, 3.05) is 23.0 Å². The van der Waals surface area contributed by atoms with E-state index in [9.17, 15) is 0 Å². The number of thioether (sulfide) groups is 4. The van der Waals surface area contributed by atoms with Crippen LogP contribution in [-0.2, 0) is 10.8 Å². The monoisotopic (exact) mass is 2050 g/mol. The van der Waals surface area contributed by atoms with Gasteiger partial charge in [0.2, 0.25) is 0 Å². The standard InChI is InChI=1S/C128H198N4S8/c1-11-19-27-35-39-43-47-51-55-59-63-67-71-75-83-127(84-76-72-68-64-60-56-52-48-44-40-36-28-20-12-2)110-96-106-111(95-105(110)117-112(127)91-99(9)119-121(117)131-139-129-119)128(85-77-73-69-65-61-57-53-49-45-41-37-29-21-13-3,86-78-74-70-66-62-58-54-50-46-42-38-30-22-14-4)113-97-107(120-122(118(106)113)132-140-130-120)114-98-109-116(126(135-89-81-33-25-17-7)136-90-82-34-26-18-8)102-93-103-101(94-104(102)124(109)138-114)115(108-92-100(10)137-123(103)108)125(133-87-79-31-23-15-5)134-88-80-32-24-16-6/h91-98H,11-90H2,1-10H3. The number of hydrogen-bond acceptors (Lipinski definition) is 12. The second kappa shape index (κ2) is 66.4. The number of hydrogen-bond donors (Lipinski definition) is 0. The van der Waals surface area contributed by atoms with Crippen molar-refractivity contribution in [3.05, 3.63) is 112 Å². The molecule has 0 radical (unpaired) electrons. The molecule has 0 bridgehead atoms. The van der Waals surface area contributed by atoms with Crippen LogP contribution in [0.2, 0.25) is 0 Å². The zero-order chi connectivity index (χ0) is 97.9. The molecule has 4 aromatic heterocycles. The number of unbranched alkanes of at least 4 members (excludes halogenated alkanes) is 64. The summed E-state index contributed by atoms with van der Waals surface area (Å²) in [5.74, 6) is 4.71. The zero-order valence-electron chi connectivity index (χ0n) is 91.2. The van der Waals surface area contributed by atoms with Crippen LogP contribution in [0.1, 0.15) is 598 Å². The Morgan fingerprint density at radius 1 is 0.221 bits per heavy atom. The van der Waals surface area contributed by atoms with Gasteiger partial charge in [-0.05, 0) is 181 Å². The molecule has 0 saturated heterocycles. The van der Waals surface area contributed by atoms with Gasteiger partial charge in [0.15, 0.2) is 0 Å². The smallest absolute Gasteiger partial charge is 0.114 e. The van der Waals surface area contributed by atoms with Gasteiger partial charge in [-0.15, -0.1) is 69.7 Å². The third kappa shape index (κ3) is 33.4. The first kappa shape index (κ1) is 115. The average molecular weight is 2050 g/mol. The fraction of sp³-hybridized carbons (Fsp3) is 0.719. The van der Waals surface area contributed by atoms with Gasteiger partial charge in [0, 0.05) is 88.9 Å². The van der Waals surface area contributed by atoms with E-state index in [0.717, 1.165) is 11.0 Å². The van der Waals surface area contributed by atoms with Gasteiger partial charge in [-0.2, -0.15) is 17.5 Å². The third-order valence-electron chi connectivity index (χ3n) is 32.8. The summed E-state index contributed by atoms with van der Waals surface area (Å²) in [7, 11) is 0. The van der Waals surface area contributed by atoms with Crippen molar-refractivity contribution in [2.24, 2.45) is 0 Å². The molecule has 0 aliphatic heterocycles. The van der Waals surface area contributed by atoms with Crippen LogP contribution in [0.5, 0.6) is 0 Å². The maximum Gasteiger partial charge on any atom is 0.114 e. The average Bonchev–Trinajstić information content (AvgIpc) is 1.51. The van der Waals surface area contributed by atoms with Crippen molar-refractivity contribution in [2.45, 2.75) is 568 Å². The van der Waals surface area contributed by atoms with E-state index in [-0.39, 0.29) is 10.8 Å². The first-order valence-corrected chi connectivity index (χ1v) is 67.4. The highest BCUT2D eigenvalue weighted by molar-refractivity contribution is 8.23. The summed E-state index contributed by atoms with van der Waals surface area (Å²) in [6.07, 6.45) is 103. The lowest BCUT2D eigenvalue weighted by Gasteiger charge is -2.35. The molecular formula is C128H198N4S8. The lowest BCUT2D eigenvalue weighted by Crippen LogP contribution is -2.27.